The molecule has 1 aromatic carbocycles. The number of carbonyl (C=O) groups is 2. The highest BCUT2D eigenvalue weighted by Gasteiger charge is 2.21. The fraction of sp³-hybridized carbons (Fsp3) is 0.350. The molecule has 1 saturated heterocycles. The van der Waals surface area contributed by atoms with Crippen molar-refractivity contribution in [2.45, 2.75) is 32.6 Å². The fourth-order valence-electron chi connectivity index (χ4n) is 3.06. The Morgan fingerprint density at radius 2 is 1.68 bits per heavy atom. The lowest BCUT2D eigenvalue weighted by molar-refractivity contribution is 0.0787. The van der Waals surface area contributed by atoms with Crippen LogP contribution in [0.2, 0.25) is 0 Å². The van der Waals surface area contributed by atoms with Gasteiger partial charge in [0.05, 0.1) is 0 Å². The van der Waals surface area contributed by atoms with Crippen LogP contribution in [0.15, 0.2) is 42.5 Å². The third kappa shape index (κ3) is 3.87. The summed E-state index contributed by atoms with van der Waals surface area (Å²) in [6.07, 6.45) is 2.05. The molecule has 0 spiro atoms. The summed E-state index contributed by atoms with van der Waals surface area (Å²) >= 11 is 0. The van der Waals surface area contributed by atoms with Crippen LogP contribution < -0.4 is 5.32 Å². The van der Waals surface area contributed by atoms with Crippen LogP contribution in [0.1, 0.15) is 59.1 Å². The first-order valence-corrected chi connectivity index (χ1v) is 8.73. The van der Waals surface area contributed by atoms with E-state index in [-0.39, 0.29) is 17.5 Å². The molecule has 0 saturated carbocycles. The molecular formula is C20H23N3O2. The van der Waals surface area contributed by atoms with Crippen LogP contribution in [-0.4, -0.2) is 34.8 Å². The van der Waals surface area contributed by atoms with E-state index in [4.69, 9.17) is 0 Å². The summed E-state index contributed by atoms with van der Waals surface area (Å²) < 4.78 is 0. The van der Waals surface area contributed by atoms with Crippen molar-refractivity contribution in [1.29, 1.82) is 0 Å². The van der Waals surface area contributed by atoms with E-state index in [1.165, 1.54) is 0 Å². The molecule has 1 N–H and O–H groups in total. The molecule has 0 radical (unpaired) electrons. The number of para-hydroxylation sites is 1. The minimum absolute atomic E-state index is 0.102. The van der Waals surface area contributed by atoms with Crippen molar-refractivity contribution in [2.75, 3.05) is 18.4 Å². The zero-order valence-electron chi connectivity index (χ0n) is 14.7. The second-order valence-corrected chi connectivity index (χ2v) is 6.60. The van der Waals surface area contributed by atoms with E-state index in [2.05, 4.69) is 24.1 Å². The number of hydrogen-bond donors (Lipinski definition) is 1. The molecule has 1 aliphatic heterocycles. The van der Waals surface area contributed by atoms with Crippen molar-refractivity contribution in [1.82, 2.24) is 9.88 Å². The van der Waals surface area contributed by atoms with Crippen molar-refractivity contribution >= 4 is 17.5 Å². The molecule has 25 heavy (non-hydrogen) atoms. The summed E-state index contributed by atoms with van der Waals surface area (Å²) in [6.45, 7) is 5.69. The number of anilines is 1. The number of nitrogens with zero attached hydrogens (tertiary/aromatic N) is 2. The maximum absolute atomic E-state index is 12.6. The molecule has 5 heteroatoms. The molecule has 5 nitrogen and oxygen atoms in total. The van der Waals surface area contributed by atoms with Crippen LogP contribution in [0.4, 0.5) is 5.69 Å². The molecule has 0 atom stereocenters. The van der Waals surface area contributed by atoms with Crippen LogP contribution in [0.25, 0.3) is 0 Å². The lowest BCUT2D eigenvalue weighted by Crippen LogP contribution is -2.29. The Bertz CT molecular complexity index is 780. The molecule has 1 fully saturated rings. The lowest BCUT2D eigenvalue weighted by Gasteiger charge is -2.15. The third-order valence-corrected chi connectivity index (χ3v) is 4.43. The number of likely N-dealkylation sites (tertiary alicyclic amines) is 1. The quantitative estimate of drug-likeness (QED) is 0.925. The van der Waals surface area contributed by atoms with E-state index >= 15 is 0 Å². The summed E-state index contributed by atoms with van der Waals surface area (Å²) in [5.41, 5.74) is 2.43. The first kappa shape index (κ1) is 17.1. The van der Waals surface area contributed by atoms with E-state index in [1.807, 2.05) is 24.3 Å². The van der Waals surface area contributed by atoms with Gasteiger partial charge in [-0.25, -0.2) is 4.98 Å². The van der Waals surface area contributed by atoms with Gasteiger partial charge in [-0.3, -0.25) is 9.59 Å². The summed E-state index contributed by atoms with van der Waals surface area (Å²) in [5, 5.41) is 2.92. The zero-order chi connectivity index (χ0) is 17.8. The number of benzene rings is 1. The predicted molar refractivity (Wildman–Crippen MR) is 97.9 cm³/mol. The predicted octanol–water partition coefficient (Wildman–Crippen LogP) is 3.69. The van der Waals surface area contributed by atoms with Gasteiger partial charge in [-0.15, -0.1) is 0 Å². The minimum atomic E-state index is -0.302. The number of rotatable bonds is 4. The molecule has 130 valence electrons. The Morgan fingerprint density at radius 1 is 1.00 bits per heavy atom. The number of amides is 2. The topological polar surface area (TPSA) is 62.3 Å². The molecule has 0 bridgehead atoms. The fourth-order valence-corrected chi connectivity index (χ4v) is 3.06. The molecule has 0 unspecified atom stereocenters. The Morgan fingerprint density at radius 3 is 2.40 bits per heavy atom. The second-order valence-electron chi connectivity index (χ2n) is 6.60. The van der Waals surface area contributed by atoms with Crippen molar-refractivity contribution in [3.05, 3.63) is 59.4 Å². The standard InChI is InChI=1S/C20H23N3O2/c1-14(2)15-8-3-4-9-16(15)22-19(24)17-10-7-11-18(21-17)20(25)23-12-5-6-13-23/h3-4,7-11,14H,5-6,12-13H2,1-2H3,(H,22,24). The molecule has 2 aromatic rings. The summed E-state index contributed by atoms with van der Waals surface area (Å²) in [4.78, 5) is 31.1. The third-order valence-electron chi connectivity index (χ3n) is 4.43. The van der Waals surface area contributed by atoms with Gasteiger partial charge in [0, 0.05) is 18.8 Å². The smallest absolute Gasteiger partial charge is 0.274 e. The van der Waals surface area contributed by atoms with Gasteiger partial charge < -0.3 is 10.2 Å². The summed E-state index contributed by atoms with van der Waals surface area (Å²) in [5.74, 6) is -0.105. The van der Waals surface area contributed by atoms with Crippen LogP contribution in [0.3, 0.4) is 0 Å². The highest BCUT2D eigenvalue weighted by Crippen LogP contribution is 2.24. The monoisotopic (exact) mass is 337 g/mol. The van der Waals surface area contributed by atoms with Crippen LogP contribution >= 0.6 is 0 Å². The number of pyridine rings is 1. The van der Waals surface area contributed by atoms with E-state index in [1.54, 1.807) is 23.1 Å². The van der Waals surface area contributed by atoms with Crippen molar-refractivity contribution in [2.24, 2.45) is 0 Å². The molecule has 3 rings (SSSR count). The molecular weight excluding hydrogens is 314 g/mol. The molecule has 1 aromatic heterocycles. The Balaban J connectivity index is 1.79. The largest absolute Gasteiger partial charge is 0.337 e. The molecule has 2 amide bonds. The number of aromatic nitrogens is 1. The van der Waals surface area contributed by atoms with Gasteiger partial charge in [-0.2, -0.15) is 0 Å². The average molecular weight is 337 g/mol. The first-order chi connectivity index (χ1) is 12.1. The second kappa shape index (κ2) is 7.47. The lowest BCUT2D eigenvalue weighted by atomic mass is 10.0. The van der Waals surface area contributed by atoms with Gasteiger partial charge in [0.1, 0.15) is 11.4 Å². The number of nitrogens with one attached hydrogen (secondary N) is 1. The van der Waals surface area contributed by atoms with Gasteiger partial charge in [-0.1, -0.05) is 38.1 Å². The SMILES string of the molecule is CC(C)c1ccccc1NC(=O)c1cccc(C(=O)N2CCCC2)n1. The van der Waals surface area contributed by atoms with Gasteiger partial charge in [0.25, 0.3) is 11.8 Å². The number of carbonyl (C=O) groups excluding carboxylic acids is 2. The van der Waals surface area contributed by atoms with E-state index in [0.717, 1.165) is 37.2 Å². The van der Waals surface area contributed by atoms with Gasteiger partial charge in [0.15, 0.2) is 0 Å². The van der Waals surface area contributed by atoms with E-state index in [0.29, 0.717) is 11.6 Å². The van der Waals surface area contributed by atoms with Gasteiger partial charge in [0.2, 0.25) is 0 Å². The maximum Gasteiger partial charge on any atom is 0.274 e. The highest BCUT2D eigenvalue weighted by molar-refractivity contribution is 6.04. The maximum atomic E-state index is 12.6. The Kier molecular flexibility index (Phi) is 5.12. The highest BCUT2D eigenvalue weighted by atomic mass is 16.2. The van der Waals surface area contributed by atoms with Crippen LogP contribution in [0, 0.1) is 0 Å². The van der Waals surface area contributed by atoms with E-state index in [9.17, 15) is 9.59 Å². The first-order valence-electron chi connectivity index (χ1n) is 8.73. The van der Waals surface area contributed by atoms with Crippen LogP contribution in [0.5, 0.6) is 0 Å². The molecule has 1 aliphatic rings. The van der Waals surface area contributed by atoms with Crippen molar-refractivity contribution in [3.63, 3.8) is 0 Å². The van der Waals surface area contributed by atoms with Crippen molar-refractivity contribution < 1.29 is 9.59 Å². The molecule has 0 aliphatic carbocycles. The zero-order valence-corrected chi connectivity index (χ0v) is 14.7. The average Bonchev–Trinajstić information content (AvgIpc) is 3.16. The minimum Gasteiger partial charge on any atom is -0.337 e. The normalized spacial score (nSPS) is 14.0. The Labute approximate surface area is 148 Å². The molecule has 2 heterocycles. The van der Waals surface area contributed by atoms with Gasteiger partial charge in [-0.05, 0) is 42.5 Å². The van der Waals surface area contributed by atoms with E-state index < -0.39 is 0 Å². The van der Waals surface area contributed by atoms with Crippen molar-refractivity contribution in [3.8, 4) is 0 Å². The summed E-state index contributed by atoms with van der Waals surface area (Å²) in [7, 11) is 0. The number of hydrogen-bond acceptors (Lipinski definition) is 3. The Hall–Kier alpha value is -2.69. The van der Waals surface area contributed by atoms with Gasteiger partial charge >= 0.3 is 0 Å². The summed E-state index contributed by atoms with van der Waals surface area (Å²) in [6, 6.07) is 12.7. The van der Waals surface area contributed by atoms with Crippen LogP contribution in [-0.2, 0) is 0 Å².